The minimum atomic E-state index is -1.02. The van der Waals surface area contributed by atoms with Gasteiger partial charge in [0.1, 0.15) is 41.2 Å². The van der Waals surface area contributed by atoms with Crippen LogP contribution in [-0.4, -0.2) is 71.4 Å². The zero-order valence-electron chi connectivity index (χ0n) is 22.1. The zero-order valence-corrected chi connectivity index (χ0v) is 22.1. The van der Waals surface area contributed by atoms with Crippen LogP contribution in [0.5, 0.6) is 11.5 Å². The fraction of sp³-hybridized carbons (Fsp3) is 0.345. The molecular weight excluding hydrogens is 500 g/mol. The van der Waals surface area contributed by atoms with E-state index in [0.717, 1.165) is 11.1 Å². The SMILES string of the molecule is COC(=O)c1ccc(Cc2nccc(-c3ccc(OC4CCN(C(=O)[C@H](C)O)CC4)c(C#N)c3)n2)cc1OC. The van der Waals surface area contributed by atoms with Crippen LogP contribution >= 0.6 is 0 Å². The van der Waals surface area contributed by atoms with E-state index >= 15 is 0 Å². The van der Waals surface area contributed by atoms with Gasteiger partial charge in [-0.3, -0.25) is 4.79 Å². The van der Waals surface area contributed by atoms with E-state index in [2.05, 4.69) is 16.0 Å². The topological polar surface area (TPSA) is 135 Å². The van der Waals surface area contributed by atoms with Gasteiger partial charge in [-0.1, -0.05) is 6.07 Å². The second kappa shape index (κ2) is 12.4. The molecule has 2 aromatic carbocycles. The molecule has 202 valence electrons. The molecule has 1 aliphatic heterocycles. The monoisotopic (exact) mass is 530 g/mol. The Bertz CT molecular complexity index is 1390. The highest BCUT2D eigenvalue weighted by atomic mass is 16.5. The van der Waals surface area contributed by atoms with Gasteiger partial charge in [-0.25, -0.2) is 14.8 Å². The van der Waals surface area contributed by atoms with Crippen molar-refractivity contribution in [3.63, 3.8) is 0 Å². The first-order valence-corrected chi connectivity index (χ1v) is 12.6. The molecule has 1 aliphatic rings. The van der Waals surface area contributed by atoms with Crippen molar-refractivity contribution in [2.75, 3.05) is 27.3 Å². The molecule has 0 bridgehead atoms. The average molecular weight is 531 g/mol. The molecule has 0 unspecified atom stereocenters. The van der Waals surface area contributed by atoms with Gasteiger partial charge in [0, 0.05) is 44.1 Å². The molecular formula is C29H30N4O6. The van der Waals surface area contributed by atoms with Gasteiger partial charge in [0.25, 0.3) is 5.91 Å². The number of aromatic nitrogens is 2. The summed E-state index contributed by atoms with van der Waals surface area (Å²) in [5.74, 6) is 0.697. The van der Waals surface area contributed by atoms with E-state index < -0.39 is 12.1 Å². The highest BCUT2D eigenvalue weighted by molar-refractivity contribution is 5.92. The average Bonchev–Trinajstić information content (AvgIpc) is 2.97. The second-order valence-electron chi connectivity index (χ2n) is 9.20. The maximum Gasteiger partial charge on any atom is 0.341 e. The van der Waals surface area contributed by atoms with Gasteiger partial charge in [-0.15, -0.1) is 0 Å². The Labute approximate surface area is 226 Å². The molecule has 4 rings (SSSR count). The second-order valence-corrected chi connectivity index (χ2v) is 9.20. The van der Waals surface area contributed by atoms with Gasteiger partial charge in [0.15, 0.2) is 0 Å². The minimum Gasteiger partial charge on any atom is -0.496 e. The molecule has 1 amide bonds. The Balaban J connectivity index is 1.47. The Hall–Kier alpha value is -4.49. The number of methoxy groups -OCH3 is 2. The van der Waals surface area contributed by atoms with Crippen LogP contribution in [0.3, 0.4) is 0 Å². The number of piperidine rings is 1. The summed E-state index contributed by atoms with van der Waals surface area (Å²) >= 11 is 0. The van der Waals surface area contributed by atoms with Crippen molar-refractivity contribution in [3.8, 4) is 28.8 Å². The molecule has 0 radical (unpaired) electrons. The largest absolute Gasteiger partial charge is 0.496 e. The lowest BCUT2D eigenvalue weighted by molar-refractivity contribution is -0.141. The van der Waals surface area contributed by atoms with E-state index in [-0.39, 0.29) is 12.0 Å². The maximum absolute atomic E-state index is 12.0. The fourth-order valence-corrected chi connectivity index (χ4v) is 4.47. The van der Waals surface area contributed by atoms with E-state index in [1.54, 1.807) is 47.5 Å². The number of ether oxygens (including phenoxy) is 3. The molecule has 1 N–H and O–H groups in total. The summed E-state index contributed by atoms with van der Waals surface area (Å²) in [5, 5.41) is 19.3. The number of amides is 1. The summed E-state index contributed by atoms with van der Waals surface area (Å²) < 4.78 is 16.3. The first-order valence-electron chi connectivity index (χ1n) is 12.6. The van der Waals surface area contributed by atoms with Gasteiger partial charge in [0.2, 0.25) is 0 Å². The Morgan fingerprint density at radius 2 is 1.90 bits per heavy atom. The van der Waals surface area contributed by atoms with Crippen LogP contribution in [0.15, 0.2) is 48.7 Å². The summed E-state index contributed by atoms with van der Waals surface area (Å²) in [6.45, 7) is 2.46. The highest BCUT2D eigenvalue weighted by Crippen LogP contribution is 2.28. The summed E-state index contributed by atoms with van der Waals surface area (Å²) in [5.41, 5.74) is 2.99. The van der Waals surface area contributed by atoms with Crippen molar-refractivity contribution in [1.82, 2.24) is 14.9 Å². The summed E-state index contributed by atoms with van der Waals surface area (Å²) in [6, 6.07) is 14.5. The van der Waals surface area contributed by atoms with E-state index in [9.17, 15) is 20.0 Å². The molecule has 1 saturated heterocycles. The molecule has 10 heteroatoms. The standard InChI is InChI=1S/C29H30N4O6/c1-18(34)28(35)33-12-9-22(10-13-33)39-25-7-5-20(16-21(25)17-30)24-8-11-31-27(32-24)15-19-4-6-23(29(36)38-3)26(14-19)37-2/h4-8,11,14,16,18,22,34H,9-10,12-13,15H2,1-3H3/t18-/m0/s1. The summed E-state index contributed by atoms with van der Waals surface area (Å²) in [6.07, 6.45) is 2.16. The highest BCUT2D eigenvalue weighted by Gasteiger charge is 2.26. The molecule has 1 atom stereocenters. The predicted octanol–water partition coefficient (Wildman–Crippen LogP) is 3.15. The molecule has 10 nitrogen and oxygen atoms in total. The van der Waals surface area contributed by atoms with Crippen LogP contribution in [0, 0.1) is 11.3 Å². The van der Waals surface area contributed by atoms with Crippen LogP contribution in [0.25, 0.3) is 11.3 Å². The zero-order chi connectivity index (χ0) is 27.9. The molecule has 1 fully saturated rings. The number of likely N-dealkylation sites (tertiary alicyclic amines) is 1. The molecule has 39 heavy (non-hydrogen) atoms. The van der Waals surface area contributed by atoms with Crippen molar-refractivity contribution in [2.24, 2.45) is 0 Å². The smallest absolute Gasteiger partial charge is 0.341 e. The number of rotatable bonds is 8. The molecule has 0 aliphatic carbocycles. The van der Waals surface area contributed by atoms with Gasteiger partial charge in [0.05, 0.1) is 25.5 Å². The summed E-state index contributed by atoms with van der Waals surface area (Å²) in [4.78, 5) is 34.6. The van der Waals surface area contributed by atoms with Gasteiger partial charge >= 0.3 is 5.97 Å². The first kappa shape index (κ1) is 27.5. The van der Waals surface area contributed by atoms with Crippen molar-refractivity contribution >= 4 is 11.9 Å². The predicted molar refractivity (Wildman–Crippen MR) is 141 cm³/mol. The minimum absolute atomic E-state index is 0.130. The van der Waals surface area contributed by atoms with E-state index in [4.69, 9.17) is 14.2 Å². The molecule has 2 heterocycles. The van der Waals surface area contributed by atoms with Crippen molar-refractivity contribution in [2.45, 2.75) is 38.4 Å². The lowest BCUT2D eigenvalue weighted by Gasteiger charge is -2.33. The number of carbonyl (C=O) groups excluding carboxylic acids is 2. The number of aliphatic hydroxyl groups is 1. The lowest BCUT2D eigenvalue weighted by Crippen LogP contribution is -2.45. The van der Waals surface area contributed by atoms with Crippen LogP contribution in [0.2, 0.25) is 0 Å². The number of hydrogen-bond acceptors (Lipinski definition) is 9. The number of aliphatic hydroxyl groups excluding tert-OH is 1. The lowest BCUT2D eigenvalue weighted by atomic mass is 10.0. The third-order valence-electron chi connectivity index (χ3n) is 6.54. The Morgan fingerprint density at radius 3 is 2.56 bits per heavy atom. The van der Waals surface area contributed by atoms with Crippen LogP contribution in [-0.2, 0) is 16.0 Å². The van der Waals surface area contributed by atoms with Crippen LogP contribution in [0.4, 0.5) is 0 Å². The summed E-state index contributed by atoms with van der Waals surface area (Å²) in [7, 11) is 2.81. The van der Waals surface area contributed by atoms with Gasteiger partial charge < -0.3 is 24.2 Å². The number of benzene rings is 2. The molecule has 3 aromatic rings. The molecule has 1 aromatic heterocycles. The fourth-order valence-electron chi connectivity index (χ4n) is 4.47. The maximum atomic E-state index is 12.0. The first-order chi connectivity index (χ1) is 18.8. The van der Waals surface area contributed by atoms with Crippen molar-refractivity contribution in [1.29, 1.82) is 5.26 Å². The van der Waals surface area contributed by atoms with Crippen LogP contribution < -0.4 is 9.47 Å². The third-order valence-corrected chi connectivity index (χ3v) is 6.54. The normalized spacial score (nSPS) is 14.3. The quantitative estimate of drug-likeness (QED) is 0.436. The number of nitrogens with zero attached hydrogens (tertiary/aromatic N) is 4. The van der Waals surface area contributed by atoms with Crippen molar-refractivity contribution in [3.05, 3.63) is 71.2 Å². The Morgan fingerprint density at radius 1 is 1.13 bits per heavy atom. The number of carbonyl (C=O) groups is 2. The van der Waals surface area contributed by atoms with E-state index in [1.807, 2.05) is 6.07 Å². The molecule has 0 spiro atoms. The Kier molecular flexibility index (Phi) is 8.74. The third kappa shape index (κ3) is 6.51. The van der Waals surface area contributed by atoms with Crippen molar-refractivity contribution < 1.29 is 28.9 Å². The number of nitriles is 1. The number of esters is 1. The van der Waals surface area contributed by atoms with Gasteiger partial charge in [-0.05, 0) is 48.9 Å². The van der Waals surface area contributed by atoms with Gasteiger partial charge in [-0.2, -0.15) is 5.26 Å². The van der Waals surface area contributed by atoms with E-state index in [0.29, 0.717) is 66.5 Å². The number of hydrogen-bond donors (Lipinski definition) is 1. The van der Waals surface area contributed by atoms with Crippen LogP contribution in [0.1, 0.15) is 47.1 Å². The molecule has 0 saturated carbocycles. The van der Waals surface area contributed by atoms with E-state index in [1.165, 1.54) is 21.1 Å².